The lowest BCUT2D eigenvalue weighted by molar-refractivity contribution is 0.0503. The van der Waals surface area contributed by atoms with Gasteiger partial charge in [0.1, 0.15) is 5.82 Å². The minimum atomic E-state index is -0.198. The molecule has 5 nitrogen and oxygen atoms in total. The van der Waals surface area contributed by atoms with Gasteiger partial charge in [0, 0.05) is 42.8 Å². The van der Waals surface area contributed by atoms with E-state index < -0.39 is 0 Å². The second-order valence-electron chi connectivity index (χ2n) is 7.67. The van der Waals surface area contributed by atoms with E-state index >= 15 is 0 Å². The number of benzene rings is 1. The van der Waals surface area contributed by atoms with Gasteiger partial charge in [-0.1, -0.05) is 12.1 Å². The van der Waals surface area contributed by atoms with Crippen LogP contribution in [-0.4, -0.2) is 39.5 Å². The van der Waals surface area contributed by atoms with E-state index in [9.17, 15) is 4.39 Å². The maximum atomic E-state index is 13.2. The molecule has 1 unspecified atom stereocenters. The molecule has 2 aliphatic heterocycles. The fourth-order valence-corrected chi connectivity index (χ4v) is 4.28. The minimum Gasteiger partial charge on any atom is -0.376 e. The molecule has 2 aliphatic rings. The topological polar surface area (TPSA) is 51.1 Å². The second kappa shape index (κ2) is 7.04. The van der Waals surface area contributed by atoms with Crippen LogP contribution in [0.15, 0.2) is 55.0 Å². The molecule has 0 aliphatic carbocycles. The van der Waals surface area contributed by atoms with Crippen LogP contribution >= 0.6 is 0 Å². The summed E-state index contributed by atoms with van der Waals surface area (Å²) in [6.07, 6.45) is 6.43. The van der Waals surface area contributed by atoms with Gasteiger partial charge < -0.3 is 4.74 Å². The van der Waals surface area contributed by atoms with Crippen molar-refractivity contribution in [2.24, 2.45) is 0 Å². The van der Waals surface area contributed by atoms with Gasteiger partial charge in [-0.3, -0.25) is 9.88 Å². The Balaban J connectivity index is 1.43. The molecule has 28 heavy (non-hydrogen) atoms. The van der Waals surface area contributed by atoms with Crippen molar-refractivity contribution in [3.63, 3.8) is 0 Å². The summed E-state index contributed by atoms with van der Waals surface area (Å²) >= 11 is 0. The molecular formula is C22H21FN4O. The van der Waals surface area contributed by atoms with Crippen molar-refractivity contribution < 1.29 is 9.13 Å². The molecule has 0 amide bonds. The Bertz CT molecular complexity index is 980. The van der Waals surface area contributed by atoms with Crippen LogP contribution in [0.25, 0.3) is 11.4 Å². The van der Waals surface area contributed by atoms with Crippen LogP contribution < -0.4 is 0 Å². The Kier molecular flexibility index (Phi) is 4.37. The number of pyridine rings is 1. The number of hydrogen-bond donors (Lipinski definition) is 0. The molecule has 1 spiro atoms. The highest BCUT2D eigenvalue weighted by Crippen LogP contribution is 2.40. The lowest BCUT2D eigenvalue weighted by Crippen LogP contribution is -2.40. The number of hydrogen-bond acceptors (Lipinski definition) is 5. The fraction of sp³-hybridized carbons (Fsp3) is 0.318. The van der Waals surface area contributed by atoms with E-state index in [2.05, 4.69) is 14.9 Å². The molecule has 1 atom stereocenters. The van der Waals surface area contributed by atoms with Crippen molar-refractivity contribution in [1.82, 2.24) is 19.9 Å². The highest BCUT2D eigenvalue weighted by Gasteiger charge is 2.44. The summed E-state index contributed by atoms with van der Waals surface area (Å²) in [7, 11) is 0. The van der Waals surface area contributed by atoms with Gasteiger partial charge in [0.25, 0.3) is 0 Å². The summed E-state index contributed by atoms with van der Waals surface area (Å²) in [5.74, 6) is 0.515. The lowest BCUT2D eigenvalue weighted by atomic mass is 9.80. The van der Waals surface area contributed by atoms with E-state index in [1.54, 1.807) is 12.4 Å². The number of halogens is 1. The number of ether oxygens (including phenoxy) is 1. The summed E-state index contributed by atoms with van der Waals surface area (Å²) in [4.78, 5) is 16.1. The molecule has 2 aromatic heterocycles. The number of aromatic nitrogens is 3. The SMILES string of the molecule is Fc1ccc(CN2CCC3(COCc4cnc(-c5cccnc5)nc43)C2)cc1. The highest BCUT2D eigenvalue weighted by atomic mass is 19.1. The van der Waals surface area contributed by atoms with E-state index in [1.807, 2.05) is 30.5 Å². The summed E-state index contributed by atoms with van der Waals surface area (Å²) in [5.41, 5.74) is 4.10. The lowest BCUT2D eigenvalue weighted by Gasteiger charge is -2.34. The molecule has 0 N–H and O–H groups in total. The normalized spacial score (nSPS) is 21.8. The Morgan fingerprint density at radius 2 is 2.04 bits per heavy atom. The number of likely N-dealkylation sites (tertiary alicyclic amines) is 1. The van der Waals surface area contributed by atoms with E-state index in [-0.39, 0.29) is 11.2 Å². The van der Waals surface area contributed by atoms with E-state index in [1.165, 1.54) is 12.1 Å². The summed E-state index contributed by atoms with van der Waals surface area (Å²) in [6.45, 7) is 3.87. The molecule has 1 aromatic carbocycles. The third-order valence-corrected chi connectivity index (χ3v) is 5.67. The van der Waals surface area contributed by atoms with Crippen molar-refractivity contribution in [3.05, 3.63) is 77.6 Å². The van der Waals surface area contributed by atoms with Gasteiger partial charge in [-0.2, -0.15) is 0 Å². The first kappa shape index (κ1) is 17.4. The third kappa shape index (κ3) is 3.19. The smallest absolute Gasteiger partial charge is 0.160 e. The van der Waals surface area contributed by atoms with Gasteiger partial charge >= 0.3 is 0 Å². The Morgan fingerprint density at radius 3 is 2.86 bits per heavy atom. The van der Waals surface area contributed by atoms with Gasteiger partial charge in [-0.25, -0.2) is 14.4 Å². The van der Waals surface area contributed by atoms with Crippen LogP contribution in [0.1, 0.15) is 23.2 Å². The summed E-state index contributed by atoms with van der Waals surface area (Å²) in [5, 5.41) is 0. The van der Waals surface area contributed by atoms with Gasteiger partial charge in [-0.15, -0.1) is 0 Å². The zero-order valence-electron chi connectivity index (χ0n) is 15.5. The molecule has 142 valence electrons. The molecule has 3 aromatic rings. The quantitative estimate of drug-likeness (QED) is 0.702. The van der Waals surface area contributed by atoms with Gasteiger partial charge in [-0.05, 0) is 42.8 Å². The minimum absolute atomic E-state index is 0.118. The first-order chi connectivity index (χ1) is 13.7. The number of rotatable bonds is 3. The first-order valence-electron chi connectivity index (χ1n) is 9.53. The van der Waals surface area contributed by atoms with Gasteiger partial charge in [0.05, 0.1) is 24.3 Å². The second-order valence-corrected chi connectivity index (χ2v) is 7.67. The van der Waals surface area contributed by atoms with Crippen LogP contribution in [0.4, 0.5) is 4.39 Å². The molecule has 1 saturated heterocycles. The summed E-state index contributed by atoms with van der Waals surface area (Å²) in [6, 6.07) is 10.6. The van der Waals surface area contributed by atoms with Crippen molar-refractivity contribution in [3.8, 4) is 11.4 Å². The average Bonchev–Trinajstić information content (AvgIpc) is 3.13. The van der Waals surface area contributed by atoms with Crippen LogP contribution in [0.3, 0.4) is 0 Å². The van der Waals surface area contributed by atoms with Crippen molar-refractivity contribution in [2.45, 2.75) is 25.0 Å². The third-order valence-electron chi connectivity index (χ3n) is 5.67. The largest absolute Gasteiger partial charge is 0.376 e. The standard InChI is InChI=1S/C22H21FN4O/c23-19-5-3-16(4-6-19)12-27-9-7-22(14-27)15-28-13-18-11-25-21(26-20(18)22)17-2-1-8-24-10-17/h1-6,8,10-11H,7,9,12-15H2. The van der Waals surface area contributed by atoms with Crippen LogP contribution in [0.5, 0.6) is 0 Å². The van der Waals surface area contributed by atoms with Crippen LogP contribution in [-0.2, 0) is 23.3 Å². The fourth-order valence-electron chi connectivity index (χ4n) is 4.28. The van der Waals surface area contributed by atoms with Crippen molar-refractivity contribution in [2.75, 3.05) is 19.7 Å². The number of nitrogens with zero attached hydrogens (tertiary/aromatic N) is 4. The van der Waals surface area contributed by atoms with Crippen LogP contribution in [0, 0.1) is 5.82 Å². The zero-order valence-corrected chi connectivity index (χ0v) is 15.5. The maximum Gasteiger partial charge on any atom is 0.160 e. The molecule has 1 fully saturated rings. The summed E-state index contributed by atoms with van der Waals surface area (Å²) < 4.78 is 19.1. The van der Waals surface area contributed by atoms with E-state index in [0.29, 0.717) is 19.0 Å². The van der Waals surface area contributed by atoms with Crippen molar-refractivity contribution in [1.29, 1.82) is 0 Å². The molecule has 0 radical (unpaired) electrons. The van der Waals surface area contributed by atoms with Gasteiger partial charge in [0.2, 0.25) is 0 Å². The average molecular weight is 376 g/mol. The highest BCUT2D eigenvalue weighted by molar-refractivity contribution is 5.54. The Labute approximate surface area is 163 Å². The monoisotopic (exact) mass is 376 g/mol. The predicted molar refractivity (Wildman–Crippen MR) is 103 cm³/mol. The molecule has 6 heteroatoms. The maximum absolute atomic E-state index is 13.2. The predicted octanol–water partition coefficient (Wildman–Crippen LogP) is 3.35. The molecule has 5 rings (SSSR count). The zero-order chi connectivity index (χ0) is 19.0. The Morgan fingerprint density at radius 1 is 1.14 bits per heavy atom. The molecule has 0 saturated carbocycles. The molecular weight excluding hydrogens is 355 g/mol. The molecule has 4 heterocycles. The van der Waals surface area contributed by atoms with Gasteiger partial charge in [0.15, 0.2) is 5.82 Å². The first-order valence-corrected chi connectivity index (χ1v) is 9.53. The Hall–Kier alpha value is -2.70. The van der Waals surface area contributed by atoms with E-state index in [4.69, 9.17) is 9.72 Å². The molecule has 0 bridgehead atoms. The van der Waals surface area contributed by atoms with Crippen LogP contribution in [0.2, 0.25) is 0 Å². The van der Waals surface area contributed by atoms with Crippen molar-refractivity contribution >= 4 is 0 Å². The number of fused-ring (bicyclic) bond motifs is 2. The van der Waals surface area contributed by atoms with E-state index in [0.717, 1.165) is 48.4 Å².